The first-order valence-corrected chi connectivity index (χ1v) is 19.1. The van der Waals surface area contributed by atoms with E-state index in [0.29, 0.717) is 39.5 Å². The molecule has 8 rings (SSSR count). The summed E-state index contributed by atoms with van der Waals surface area (Å²) in [5.74, 6) is 1.67. The molecule has 12 heteroatoms. The number of ether oxygens (including phenoxy) is 2. The molecule has 246 valence electrons. The number of rotatable bonds is 11. The van der Waals surface area contributed by atoms with Gasteiger partial charge in [0, 0.05) is 89.7 Å². The molecule has 5 heterocycles. The molecule has 2 aromatic carbocycles. The standard InChI is InChI=1S/C36H34Cl2N4O4P2/c1-2-27-23-30(37)25-32(45-47(39-14-3-4-15-39)40-16-5-6-17-40)34(27)43-36-13-11-12-29(36)22-28-24-31(38)26-33(35(28)44-36)46-48(41-18-7-8-19-41)42-20-9-10-21-42/h3-10,14-21,23-26,29H,2,11-13,22H2,1H3/t29-,36-/m1/s1. The topological polar surface area (TPSA) is 56.6 Å². The molecule has 0 radical (unpaired) electrons. The van der Waals surface area contributed by atoms with Gasteiger partial charge in [0.1, 0.15) is 0 Å². The van der Waals surface area contributed by atoms with E-state index in [1.807, 2.05) is 122 Å². The van der Waals surface area contributed by atoms with Crippen LogP contribution in [0.4, 0.5) is 0 Å². The van der Waals surface area contributed by atoms with Gasteiger partial charge in [-0.1, -0.05) is 30.1 Å². The van der Waals surface area contributed by atoms with E-state index in [1.165, 1.54) is 0 Å². The van der Waals surface area contributed by atoms with Crippen molar-refractivity contribution in [2.45, 2.75) is 44.8 Å². The van der Waals surface area contributed by atoms with Crippen molar-refractivity contribution in [3.8, 4) is 23.0 Å². The molecule has 0 spiro atoms. The van der Waals surface area contributed by atoms with Crippen molar-refractivity contribution < 1.29 is 18.5 Å². The Labute approximate surface area is 292 Å². The van der Waals surface area contributed by atoms with Crippen molar-refractivity contribution >= 4 is 40.1 Å². The molecule has 4 aromatic heterocycles. The van der Waals surface area contributed by atoms with E-state index in [2.05, 4.69) is 24.3 Å². The van der Waals surface area contributed by atoms with Crippen LogP contribution in [0.25, 0.3) is 0 Å². The third kappa shape index (κ3) is 6.01. The van der Waals surface area contributed by atoms with E-state index in [-0.39, 0.29) is 5.92 Å². The first kappa shape index (κ1) is 31.5. The normalized spacial score (nSPS) is 18.5. The van der Waals surface area contributed by atoms with Crippen LogP contribution in [-0.4, -0.2) is 23.1 Å². The van der Waals surface area contributed by atoms with E-state index in [1.54, 1.807) is 0 Å². The van der Waals surface area contributed by atoms with Gasteiger partial charge >= 0.3 is 16.9 Å². The first-order valence-electron chi connectivity index (χ1n) is 16.0. The molecule has 0 bridgehead atoms. The Morgan fingerprint density at radius 2 is 1.23 bits per heavy atom. The molecule has 6 aromatic rings. The summed E-state index contributed by atoms with van der Waals surface area (Å²) in [5.41, 5.74) is 1.98. The number of fused-ring (bicyclic) bond motifs is 2. The average molecular weight is 720 g/mol. The predicted octanol–water partition coefficient (Wildman–Crippen LogP) is 10.7. The second-order valence-electron chi connectivity index (χ2n) is 11.9. The van der Waals surface area contributed by atoms with Crippen LogP contribution in [0.2, 0.25) is 10.0 Å². The highest BCUT2D eigenvalue weighted by Gasteiger charge is 2.52. The van der Waals surface area contributed by atoms with E-state index >= 15 is 0 Å². The molecule has 0 unspecified atom stereocenters. The monoisotopic (exact) mass is 718 g/mol. The molecule has 1 aliphatic carbocycles. The van der Waals surface area contributed by atoms with Gasteiger partial charge in [0.05, 0.1) is 0 Å². The highest BCUT2D eigenvalue weighted by Crippen LogP contribution is 2.56. The van der Waals surface area contributed by atoms with Gasteiger partial charge < -0.3 is 18.5 Å². The molecule has 2 aliphatic rings. The first-order chi connectivity index (χ1) is 23.5. The molecule has 1 fully saturated rings. The minimum atomic E-state index is -1.32. The summed E-state index contributed by atoms with van der Waals surface area (Å²) in [5, 5.41) is 1.20. The third-order valence-electron chi connectivity index (χ3n) is 8.79. The number of halogens is 2. The van der Waals surface area contributed by atoms with Crippen molar-refractivity contribution in [2.75, 3.05) is 0 Å². The Hall–Kier alpha value is -3.80. The number of aromatic nitrogens is 4. The SMILES string of the molecule is CCc1cc(Cl)cc(OP(n2cccc2)n2cccc2)c1O[C@@]12CCC[C@@H]1Cc1cc(Cl)cc(OP(n3cccc3)n3cccc3)c1O2. The summed E-state index contributed by atoms with van der Waals surface area (Å²) < 4.78 is 36.2. The Balaban J connectivity index is 1.18. The summed E-state index contributed by atoms with van der Waals surface area (Å²) in [6.45, 7) is 2.10. The largest absolute Gasteiger partial charge is 0.448 e. The Morgan fingerprint density at radius 1 is 0.729 bits per heavy atom. The Kier molecular flexibility index (Phi) is 8.69. The van der Waals surface area contributed by atoms with Crippen LogP contribution in [0.1, 0.15) is 37.3 Å². The maximum Gasteiger partial charge on any atom is 0.317 e. The number of hydrogen-bond acceptors (Lipinski definition) is 4. The van der Waals surface area contributed by atoms with Gasteiger partial charge in [0.25, 0.3) is 5.79 Å². The average Bonchev–Trinajstić information content (AvgIpc) is 3.93. The van der Waals surface area contributed by atoms with Gasteiger partial charge in [-0.15, -0.1) is 0 Å². The van der Waals surface area contributed by atoms with Crippen LogP contribution >= 0.6 is 40.1 Å². The molecule has 8 nitrogen and oxygen atoms in total. The van der Waals surface area contributed by atoms with E-state index in [9.17, 15) is 0 Å². The highest BCUT2D eigenvalue weighted by atomic mass is 35.5. The van der Waals surface area contributed by atoms with Crippen molar-refractivity contribution in [1.82, 2.24) is 17.4 Å². The van der Waals surface area contributed by atoms with E-state index < -0.39 is 22.7 Å². The molecule has 0 saturated heterocycles. The van der Waals surface area contributed by atoms with Gasteiger partial charge in [-0.05, 0) is 91.9 Å². The Morgan fingerprint density at radius 3 is 1.77 bits per heavy atom. The second-order valence-corrected chi connectivity index (χ2v) is 16.0. The fourth-order valence-electron chi connectivity index (χ4n) is 6.56. The van der Waals surface area contributed by atoms with Crippen LogP contribution in [-0.2, 0) is 12.8 Å². The lowest BCUT2D eigenvalue weighted by Crippen LogP contribution is -2.49. The summed E-state index contributed by atoms with van der Waals surface area (Å²) in [6, 6.07) is 23.6. The fraction of sp³-hybridized carbons (Fsp3) is 0.222. The molecular formula is C36H34Cl2N4O4P2. The lowest BCUT2D eigenvalue weighted by atomic mass is 9.89. The smallest absolute Gasteiger partial charge is 0.317 e. The number of nitrogens with zero attached hydrogens (tertiary/aromatic N) is 4. The van der Waals surface area contributed by atoms with Crippen LogP contribution in [0.3, 0.4) is 0 Å². The van der Waals surface area contributed by atoms with E-state index in [4.69, 9.17) is 41.7 Å². The van der Waals surface area contributed by atoms with Gasteiger partial charge in [0.15, 0.2) is 23.0 Å². The van der Waals surface area contributed by atoms with Crippen molar-refractivity contribution in [1.29, 1.82) is 0 Å². The molecule has 0 amide bonds. The van der Waals surface area contributed by atoms with Gasteiger partial charge in [-0.3, -0.25) is 17.4 Å². The van der Waals surface area contributed by atoms with Crippen LogP contribution in [0, 0.1) is 5.92 Å². The maximum atomic E-state index is 7.19. The Bertz CT molecular complexity index is 1920. The fourth-order valence-corrected chi connectivity index (χ4v) is 10.0. The summed E-state index contributed by atoms with van der Waals surface area (Å²) in [6.07, 6.45) is 20.2. The lowest BCUT2D eigenvalue weighted by Gasteiger charge is -2.41. The predicted molar refractivity (Wildman–Crippen MR) is 192 cm³/mol. The zero-order valence-electron chi connectivity index (χ0n) is 26.2. The summed E-state index contributed by atoms with van der Waals surface area (Å²) in [4.78, 5) is 0. The van der Waals surface area contributed by atoms with Crippen molar-refractivity contribution in [3.63, 3.8) is 0 Å². The molecule has 1 saturated carbocycles. The zero-order chi connectivity index (χ0) is 32.7. The lowest BCUT2D eigenvalue weighted by molar-refractivity contribution is -0.151. The van der Waals surface area contributed by atoms with Crippen LogP contribution in [0.15, 0.2) is 122 Å². The molecule has 0 N–H and O–H groups in total. The minimum Gasteiger partial charge on any atom is -0.448 e. The van der Waals surface area contributed by atoms with Crippen molar-refractivity contribution in [2.24, 2.45) is 5.92 Å². The molecule has 1 aliphatic heterocycles. The van der Waals surface area contributed by atoms with Crippen molar-refractivity contribution in [3.05, 3.63) is 144 Å². The second kappa shape index (κ2) is 13.2. The molecule has 48 heavy (non-hydrogen) atoms. The van der Waals surface area contributed by atoms with Gasteiger partial charge in [0.2, 0.25) is 0 Å². The van der Waals surface area contributed by atoms with Crippen LogP contribution < -0.4 is 18.5 Å². The number of hydrogen-bond donors (Lipinski definition) is 0. The maximum absolute atomic E-state index is 7.19. The van der Waals surface area contributed by atoms with Gasteiger partial charge in [-0.2, -0.15) is 0 Å². The van der Waals surface area contributed by atoms with Crippen LogP contribution in [0.5, 0.6) is 23.0 Å². The number of aryl methyl sites for hydroxylation is 1. The zero-order valence-corrected chi connectivity index (χ0v) is 29.5. The molecular weight excluding hydrogens is 685 g/mol. The highest BCUT2D eigenvalue weighted by molar-refractivity contribution is 7.49. The minimum absolute atomic E-state index is 0.107. The van der Waals surface area contributed by atoms with E-state index in [0.717, 1.165) is 36.8 Å². The quantitative estimate of drug-likeness (QED) is 0.125. The summed E-state index contributed by atoms with van der Waals surface area (Å²) in [7, 11) is -2.62. The summed E-state index contributed by atoms with van der Waals surface area (Å²) >= 11 is 13.4. The number of benzene rings is 2. The molecule has 2 atom stereocenters. The third-order valence-corrected chi connectivity index (χ3v) is 12.6. The van der Waals surface area contributed by atoms with Gasteiger partial charge in [-0.25, -0.2) is 0 Å².